The van der Waals surface area contributed by atoms with Crippen LogP contribution in [-0.2, 0) is 24.8 Å². The molecule has 2 fully saturated rings. The lowest BCUT2D eigenvalue weighted by Crippen LogP contribution is -2.47. The lowest BCUT2D eigenvalue weighted by molar-refractivity contribution is -0.0312. The van der Waals surface area contributed by atoms with Crippen molar-refractivity contribution < 1.29 is 36.2 Å². The predicted octanol–water partition coefficient (Wildman–Crippen LogP) is 0.939. The van der Waals surface area contributed by atoms with Gasteiger partial charge in [0.1, 0.15) is 35.7 Å². The summed E-state index contributed by atoms with van der Waals surface area (Å²) in [4.78, 5) is 6.67. The van der Waals surface area contributed by atoms with Gasteiger partial charge in [-0.25, -0.2) is 26.5 Å². The molecular weight excluding hydrogens is 598 g/mol. The molecule has 2 saturated heterocycles. The average Bonchev–Trinajstić information content (AvgIpc) is 3.40. The molecule has 1 aromatic carbocycles. The number of aliphatic hydroxyl groups excluding tert-OH is 1. The summed E-state index contributed by atoms with van der Waals surface area (Å²) in [6.45, 7) is 6.70. The van der Waals surface area contributed by atoms with Gasteiger partial charge in [-0.2, -0.15) is 4.31 Å². The van der Waals surface area contributed by atoms with Crippen molar-refractivity contribution in [1.82, 2.24) is 19.3 Å². The largest absolute Gasteiger partial charge is 0.491 e. The van der Waals surface area contributed by atoms with Crippen LogP contribution in [0.1, 0.15) is 33.1 Å². The number of anilines is 1. The van der Waals surface area contributed by atoms with Gasteiger partial charge < -0.3 is 29.5 Å². The summed E-state index contributed by atoms with van der Waals surface area (Å²) in [6.07, 6.45) is 2.41. The smallest absolute Gasteiger partial charge is 0.244 e. The van der Waals surface area contributed by atoms with Crippen molar-refractivity contribution in [3.8, 4) is 11.6 Å². The van der Waals surface area contributed by atoms with Gasteiger partial charge in [-0.05, 0) is 58.4 Å². The third-order valence-electron chi connectivity index (χ3n) is 8.26. The Hall–Kier alpha value is -2.53. The Morgan fingerprint density at radius 3 is 2.63 bits per heavy atom. The van der Waals surface area contributed by atoms with Gasteiger partial charge in [-0.3, -0.25) is 0 Å². The highest BCUT2D eigenvalue weighted by atomic mass is 32.2. The van der Waals surface area contributed by atoms with Gasteiger partial charge in [0, 0.05) is 37.8 Å². The molecule has 5 rings (SSSR count). The number of fused-ring (bicyclic) bond motifs is 1. The number of aromatic nitrogens is 1. The Bertz CT molecular complexity index is 1500. The summed E-state index contributed by atoms with van der Waals surface area (Å²) in [5.74, 6) is 0.803. The highest BCUT2D eigenvalue weighted by molar-refractivity contribution is 7.89. The monoisotopic (exact) mass is 639 g/mol. The maximum absolute atomic E-state index is 13.5. The second kappa shape index (κ2) is 12.8. The summed E-state index contributed by atoms with van der Waals surface area (Å²) >= 11 is 0. The SMILES string of the molecule is CNS(=O)(=O)c1cccc(OCC(O)CNC2COC3(CCN(S(=O)(=O)c4cnc5c(c4)N(C(C)C)CCO5)CC3)C2)c1. The minimum absolute atomic E-state index is 0.00812. The molecule has 238 valence electrons. The molecule has 2 atom stereocenters. The van der Waals surface area contributed by atoms with Crippen molar-refractivity contribution >= 4 is 25.7 Å². The molecule has 4 heterocycles. The van der Waals surface area contributed by atoms with E-state index >= 15 is 0 Å². The molecule has 3 aliphatic heterocycles. The van der Waals surface area contributed by atoms with Crippen LogP contribution in [0.25, 0.3) is 0 Å². The summed E-state index contributed by atoms with van der Waals surface area (Å²) < 4.78 is 72.3. The van der Waals surface area contributed by atoms with Crippen LogP contribution >= 0.6 is 0 Å². The van der Waals surface area contributed by atoms with Crippen LogP contribution in [0.4, 0.5) is 5.69 Å². The molecule has 15 heteroatoms. The highest BCUT2D eigenvalue weighted by Gasteiger charge is 2.45. The fourth-order valence-electron chi connectivity index (χ4n) is 5.79. The number of nitrogens with zero attached hydrogens (tertiary/aromatic N) is 3. The van der Waals surface area contributed by atoms with Crippen molar-refractivity contribution in [2.45, 2.75) is 66.7 Å². The van der Waals surface area contributed by atoms with Crippen LogP contribution in [0, 0.1) is 0 Å². The van der Waals surface area contributed by atoms with E-state index in [1.54, 1.807) is 18.2 Å². The molecule has 3 aliphatic rings. The van der Waals surface area contributed by atoms with E-state index in [2.05, 4.69) is 33.8 Å². The van der Waals surface area contributed by atoms with Crippen molar-refractivity contribution in [3.05, 3.63) is 36.5 Å². The number of ether oxygens (including phenoxy) is 3. The third-order valence-corrected chi connectivity index (χ3v) is 11.5. The van der Waals surface area contributed by atoms with Gasteiger partial charge in [0.25, 0.3) is 0 Å². The van der Waals surface area contributed by atoms with Gasteiger partial charge in [0.15, 0.2) is 0 Å². The molecule has 2 aromatic rings. The standard InChI is InChI=1S/C28H41N5O8S2/c1-20(2)33-11-12-39-27-26(33)14-25(17-31-27)43(37,38)32-9-7-28(8-10-32)15-21(18-41-28)30-16-22(34)19-40-23-5-4-6-24(13-23)42(35,36)29-3/h4-6,13-14,17,20-22,29-30,34H,7-12,15-16,18-19H2,1-3H3. The number of sulfonamides is 2. The Labute approximate surface area is 253 Å². The topological polar surface area (TPSA) is 160 Å². The molecule has 3 N–H and O–H groups in total. The van der Waals surface area contributed by atoms with Gasteiger partial charge in [0.2, 0.25) is 25.9 Å². The molecule has 0 radical (unpaired) electrons. The maximum Gasteiger partial charge on any atom is 0.244 e. The first-order valence-electron chi connectivity index (χ1n) is 14.5. The number of rotatable bonds is 11. The summed E-state index contributed by atoms with van der Waals surface area (Å²) in [6, 6.07) is 7.95. The van der Waals surface area contributed by atoms with Crippen molar-refractivity contribution in [2.75, 3.05) is 57.9 Å². The number of aliphatic hydroxyl groups is 1. The second-order valence-electron chi connectivity index (χ2n) is 11.5. The van der Waals surface area contributed by atoms with E-state index in [0.717, 1.165) is 0 Å². The quantitative estimate of drug-likeness (QED) is 0.321. The van der Waals surface area contributed by atoms with Crippen LogP contribution in [-0.4, -0.2) is 108 Å². The van der Waals surface area contributed by atoms with E-state index < -0.39 is 31.8 Å². The van der Waals surface area contributed by atoms with Crippen LogP contribution in [0.2, 0.25) is 0 Å². The number of hydrogen-bond donors (Lipinski definition) is 3. The van der Waals surface area contributed by atoms with E-state index in [1.165, 1.54) is 29.7 Å². The lowest BCUT2D eigenvalue weighted by Gasteiger charge is -2.38. The number of nitrogens with one attached hydrogen (secondary N) is 2. The normalized spacial score (nSPS) is 21.5. The maximum atomic E-state index is 13.5. The summed E-state index contributed by atoms with van der Waals surface area (Å²) in [5.41, 5.74) is 0.285. The van der Waals surface area contributed by atoms with E-state index in [9.17, 15) is 21.9 Å². The van der Waals surface area contributed by atoms with E-state index in [4.69, 9.17) is 14.2 Å². The number of benzene rings is 1. The fourth-order valence-corrected chi connectivity index (χ4v) is 7.96. The average molecular weight is 640 g/mol. The zero-order valence-corrected chi connectivity index (χ0v) is 26.4. The predicted molar refractivity (Wildman–Crippen MR) is 159 cm³/mol. The molecule has 13 nitrogen and oxygen atoms in total. The molecule has 0 amide bonds. The van der Waals surface area contributed by atoms with Crippen LogP contribution < -0.4 is 24.4 Å². The van der Waals surface area contributed by atoms with Crippen LogP contribution in [0.3, 0.4) is 0 Å². The zero-order chi connectivity index (χ0) is 30.8. The van der Waals surface area contributed by atoms with E-state index in [1.807, 2.05) is 0 Å². The van der Waals surface area contributed by atoms with Crippen molar-refractivity contribution in [2.24, 2.45) is 0 Å². The first-order valence-corrected chi connectivity index (χ1v) is 17.5. The van der Waals surface area contributed by atoms with Gasteiger partial charge in [-0.15, -0.1) is 0 Å². The Morgan fingerprint density at radius 2 is 1.91 bits per heavy atom. The first kappa shape index (κ1) is 31.9. The molecule has 43 heavy (non-hydrogen) atoms. The highest BCUT2D eigenvalue weighted by Crippen LogP contribution is 2.38. The lowest BCUT2D eigenvalue weighted by atomic mass is 9.88. The van der Waals surface area contributed by atoms with Crippen LogP contribution in [0.15, 0.2) is 46.3 Å². The summed E-state index contributed by atoms with van der Waals surface area (Å²) in [7, 11) is -5.99. The first-order chi connectivity index (χ1) is 20.4. The minimum atomic E-state index is -3.73. The fraction of sp³-hybridized carbons (Fsp3) is 0.607. The van der Waals surface area contributed by atoms with E-state index in [-0.39, 0.29) is 35.0 Å². The molecule has 2 unspecified atom stereocenters. The van der Waals surface area contributed by atoms with Gasteiger partial charge >= 0.3 is 0 Å². The van der Waals surface area contributed by atoms with Crippen molar-refractivity contribution in [1.29, 1.82) is 0 Å². The summed E-state index contributed by atoms with van der Waals surface area (Å²) in [5, 5.41) is 13.8. The van der Waals surface area contributed by atoms with Crippen molar-refractivity contribution in [3.63, 3.8) is 0 Å². The molecule has 1 aromatic heterocycles. The molecular formula is C28H41N5O8S2. The van der Waals surface area contributed by atoms with E-state index in [0.29, 0.717) is 69.4 Å². The minimum Gasteiger partial charge on any atom is -0.491 e. The number of pyridine rings is 1. The Balaban J connectivity index is 1.10. The second-order valence-corrected chi connectivity index (χ2v) is 15.3. The molecule has 0 aliphatic carbocycles. The van der Waals surface area contributed by atoms with Gasteiger partial charge in [-0.1, -0.05) is 6.07 Å². The Morgan fingerprint density at radius 1 is 1.14 bits per heavy atom. The molecule has 1 spiro atoms. The number of hydrogen-bond acceptors (Lipinski definition) is 11. The van der Waals surface area contributed by atoms with Gasteiger partial charge in [0.05, 0.1) is 29.8 Å². The third kappa shape index (κ3) is 7.08. The number of piperidine rings is 1. The Kier molecular flexibility index (Phi) is 9.51. The molecule has 0 saturated carbocycles. The zero-order valence-electron chi connectivity index (χ0n) is 24.7. The van der Waals surface area contributed by atoms with Crippen LogP contribution in [0.5, 0.6) is 11.6 Å². The molecule has 0 bridgehead atoms.